The van der Waals surface area contributed by atoms with Crippen molar-refractivity contribution < 1.29 is 4.79 Å². The van der Waals surface area contributed by atoms with Crippen LogP contribution >= 0.6 is 0 Å². The van der Waals surface area contributed by atoms with Crippen molar-refractivity contribution in [1.29, 1.82) is 0 Å². The second-order valence-corrected chi connectivity index (χ2v) is 6.15. The monoisotopic (exact) mass is 301 g/mol. The van der Waals surface area contributed by atoms with Crippen LogP contribution in [-0.2, 0) is 4.79 Å². The standard InChI is InChI=1S/C17H25N4O/c22-17(2-1-15-3-7-18-8-4-15)21-13-11-20(12-14-21)16-5-9-19-10-6-16/h2,5-6,9-10,15,18H,1,3-4,7-8,11-14H2. The lowest BCUT2D eigenvalue weighted by atomic mass is 9.93. The van der Waals surface area contributed by atoms with Crippen molar-refractivity contribution in [2.24, 2.45) is 5.92 Å². The molecule has 2 aliphatic rings. The lowest BCUT2D eigenvalue weighted by Crippen LogP contribution is -2.49. The minimum Gasteiger partial charge on any atom is -0.368 e. The van der Waals surface area contributed by atoms with Gasteiger partial charge >= 0.3 is 0 Å². The van der Waals surface area contributed by atoms with Crippen LogP contribution in [0.15, 0.2) is 24.5 Å². The second kappa shape index (κ2) is 7.58. The number of piperazine rings is 1. The van der Waals surface area contributed by atoms with E-state index in [-0.39, 0.29) is 5.91 Å². The van der Waals surface area contributed by atoms with Gasteiger partial charge in [0.15, 0.2) is 0 Å². The molecule has 1 aromatic heterocycles. The van der Waals surface area contributed by atoms with E-state index in [1.54, 1.807) is 0 Å². The zero-order valence-electron chi connectivity index (χ0n) is 13.1. The Morgan fingerprint density at radius 3 is 2.55 bits per heavy atom. The van der Waals surface area contributed by atoms with E-state index in [2.05, 4.69) is 15.2 Å². The molecule has 0 bridgehead atoms. The van der Waals surface area contributed by atoms with Gasteiger partial charge in [0.05, 0.1) is 0 Å². The van der Waals surface area contributed by atoms with Gasteiger partial charge in [-0.3, -0.25) is 9.78 Å². The molecule has 1 amide bonds. The van der Waals surface area contributed by atoms with E-state index in [1.807, 2.05) is 35.8 Å². The Bertz CT molecular complexity index is 465. The number of aromatic nitrogens is 1. The maximum absolute atomic E-state index is 12.3. The van der Waals surface area contributed by atoms with Crippen molar-refractivity contribution in [3.63, 3.8) is 0 Å². The third kappa shape index (κ3) is 3.97. The molecule has 1 aromatic rings. The summed E-state index contributed by atoms with van der Waals surface area (Å²) in [6.07, 6.45) is 8.88. The number of nitrogens with one attached hydrogen (secondary N) is 1. The number of carbonyl (C=O) groups is 1. The highest BCUT2D eigenvalue weighted by Crippen LogP contribution is 2.19. The van der Waals surface area contributed by atoms with Gasteiger partial charge in [-0.2, -0.15) is 0 Å². The molecule has 5 heteroatoms. The molecule has 2 saturated heterocycles. The van der Waals surface area contributed by atoms with Crippen molar-refractivity contribution in [2.45, 2.75) is 19.3 Å². The number of pyridine rings is 1. The van der Waals surface area contributed by atoms with Gasteiger partial charge in [0.25, 0.3) is 0 Å². The van der Waals surface area contributed by atoms with E-state index in [1.165, 1.54) is 18.5 Å². The van der Waals surface area contributed by atoms with Gasteiger partial charge in [0, 0.05) is 50.7 Å². The molecule has 119 valence electrons. The quantitative estimate of drug-likeness (QED) is 0.911. The summed E-state index contributed by atoms with van der Waals surface area (Å²) in [5, 5.41) is 3.37. The first-order chi connectivity index (χ1) is 10.8. The van der Waals surface area contributed by atoms with Crippen LogP contribution in [0.4, 0.5) is 5.69 Å². The third-order valence-corrected chi connectivity index (χ3v) is 4.70. The minimum atomic E-state index is 0.216. The lowest BCUT2D eigenvalue weighted by Gasteiger charge is -2.36. The van der Waals surface area contributed by atoms with Crippen molar-refractivity contribution in [2.75, 3.05) is 44.2 Å². The largest absolute Gasteiger partial charge is 0.368 e. The summed E-state index contributed by atoms with van der Waals surface area (Å²) >= 11 is 0. The zero-order chi connectivity index (χ0) is 15.2. The summed E-state index contributed by atoms with van der Waals surface area (Å²) in [5.41, 5.74) is 1.20. The molecule has 3 rings (SSSR count). The average Bonchev–Trinajstić information content (AvgIpc) is 2.61. The van der Waals surface area contributed by atoms with Crippen molar-refractivity contribution in [3.05, 3.63) is 30.9 Å². The SMILES string of the molecule is O=C([CH]CC1CCNCC1)N1CCN(c2ccncc2)CC1. The normalized spacial score (nSPS) is 20.2. The Morgan fingerprint density at radius 2 is 1.86 bits per heavy atom. The summed E-state index contributed by atoms with van der Waals surface area (Å²) < 4.78 is 0. The molecule has 2 fully saturated rings. The van der Waals surface area contributed by atoms with Gasteiger partial charge < -0.3 is 15.1 Å². The number of hydrogen-bond donors (Lipinski definition) is 1. The minimum absolute atomic E-state index is 0.216. The van der Waals surface area contributed by atoms with Crippen LogP contribution in [-0.4, -0.2) is 55.1 Å². The van der Waals surface area contributed by atoms with Crippen molar-refractivity contribution in [3.8, 4) is 0 Å². The fraction of sp³-hybridized carbons (Fsp3) is 0.588. The van der Waals surface area contributed by atoms with Crippen LogP contribution in [0.1, 0.15) is 19.3 Å². The summed E-state index contributed by atoms with van der Waals surface area (Å²) in [5.74, 6) is 0.899. The fourth-order valence-electron chi connectivity index (χ4n) is 3.25. The molecule has 0 aliphatic carbocycles. The molecule has 0 unspecified atom stereocenters. The fourth-order valence-corrected chi connectivity index (χ4v) is 3.25. The summed E-state index contributed by atoms with van der Waals surface area (Å²) in [6.45, 7) is 5.61. The van der Waals surface area contributed by atoms with Gasteiger partial charge in [0.2, 0.25) is 5.91 Å². The first-order valence-electron chi connectivity index (χ1n) is 8.31. The highest BCUT2D eigenvalue weighted by molar-refractivity contribution is 5.85. The van der Waals surface area contributed by atoms with Crippen LogP contribution in [0.3, 0.4) is 0 Å². The smallest absolute Gasteiger partial charge is 0.226 e. The molecule has 3 heterocycles. The molecular formula is C17H25N4O. The Morgan fingerprint density at radius 1 is 1.18 bits per heavy atom. The summed E-state index contributed by atoms with van der Waals surface area (Å²) in [7, 11) is 0. The van der Waals surface area contributed by atoms with Crippen LogP contribution in [0.2, 0.25) is 0 Å². The Labute approximate surface area is 132 Å². The van der Waals surface area contributed by atoms with Gasteiger partial charge in [-0.15, -0.1) is 0 Å². The van der Waals surface area contributed by atoms with Gasteiger partial charge in [-0.1, -0.05) is 0 Å². The lowest BCUT2D eigenvalue weighted by molar-refractivity contribution is -0.128. The first-order valence-corrected chi connectivity index (χ1v) is 8.31. The number of carbonyl (C=O) groups excluding carboxylic acids is 1. The van der Waals surface area contributed by atoms with Crippen LogP contribution in [0.25, 0.3) is 0 Å². The Hall–Kier alpha value is -1.62. The van der Waals surface area contributed by atoms with Crippen LogP contribution in [0.5, 0.6) is 0 Å². The number of anilines is 1. The van der Waals surface area contributed by atoms with Crippen LogP contribution < -0.4 is 10.2 Å². The number of hydrogen-bond acceptors (Lipinski definition) is 4. The van der Waals surface area contributed by atoms with Gasteiger partial charge in [-0.25, -0.2) is 0 Å². The maximum Gasteiger partial charge on any atom is 0.226 e. The molecule has 1 radical (unpaired) electrons. The molecule has 5 nitrogen and oxygen atoms in total. The number of amides is 1. The molecule has 0 aromatic carbocycles. The third-order valence-electron chi connectivity index (χ3n) is 4.70. The predicted molar refractivity (Wildman–Crippen MR) is 87.5 cm³/mol. The molecule has 0 atom stereocenters. The van der Waals surface area contributed by atoms with E-state index in [9.17, 15) is 4.79 Å². The molecule has 2 aliphatic heterocycles. The second-order valence-electron chi connectivity index (χ2n) is 6.15. The number of piperidine rings is 1. The topological polar surface area (TPSA) is 48.5 Å². The van der Waals surface area contributed by atoms with E-state index in [4.69, 9.17) is 0 Å². The number of rotatable bonds is 4. The summed E-state index contributed by atoms with van der Waals surface area (Å²) in [6, 6.07) is 4.06. The average molecular weight is 301 g/mol. The van der Waals surface area contributed by atoms with Gasteiger partial charge in [-0.05, 0) is 50.4 Å². The predicted octanol–water partition coefficient (Wildman–Crippen LogP) is 1.32. The molecule has 0 spiro atoms. The molecular weight excluding hydrogens is 276 g/mol. The Balaban J connectivity index is 1.41. The summed E-state index contributed by atoms with van der Waals surface area (Å²) in [4.78, 5) is 20.7. The van der Waals surface area contributed by atoms with Crippen molar-refractivity contribution >= 4 is 11.6 Å². The van der Waals surface area contributed by atoms with E-state index in [0.717, 1.165) is 45.7 Å². The maximum atomic E-state index is 12.3. The first kappa shape index (κ1) is 15.3. The number of nitrogens with zero attached hydrogens (tertiary/aromatic N) is 3. The van der Waals surface area contributed by atoms with E-state index in [0.29, 0.717) is 5.92 Å². The Kier molecular flexibility index (Phi) is 5.27. The highest BCUT2D eigenvalue weighted by atomic mass is 16.2. The molecule has 22 heavy (non-hydrogen) atoms. The van der Waals surface area contributed by atoms with E-state index >= 15 is 0 Å². The molecule has 1 N–H and O–H groups in total. The van der Waals surface area contributed by atoms with Gasteiger partial charge in [0.1, 0.15) is 0 Å². The molecule has 0 saturated carbocycles. The van der Waals surface area contributed by atoms with Crippen LogP contribution in [0, 0.1) is 12.3 Å². The highest BCUT2D eigenvalue weighted by Gasteiger charge is 2.22. The zero-order valence-corrected chi connectivity index (χ0v) is 13.1. The van der Waals surface area contributed by atoms with E-state index < -0.39 is 0 Å². The van der Waals surface area contributed by atoms with Crippen molar-refractivity contribution in [1.82, 2.24) is 15.2 Å².